The maximum absolute atomic E-state index is 6.62. The average Bonchev–Trinajstić information content (AvgIpc) is 2.93. The minimum Gasteiger partial charge on any atom is -0.492 e. The van der Waals surface area contributed by atoms with Gasteiger partial charge >= 0.3 is 0 Å². The van der Waals surface area contributed by atoms with Crippen LogP contribution in [0.25, 0.3) is 21.5 Å². The van der Waals surface area contributed by atoms with Gasteiger partial charge in [0.05, 0.1) is 13.2 Å². The van der Waals surface area contributed by atoms with E-state index in [2.05, 4.69) is 56.3 Å². The van der Waals surface area contributed by atoms with E-state index in [9.17, 15) is 0 Å². The smallest absolute Gasteiger partial charge is 0.135 e. The van der Waals surface area contributed by atoms with Crippen LogP contribution in [0.1, 0.15) is 122 Å². The van der Waals surface area contributed by atoms with Crippen LogP contribution in [0.5, 0.6) is 11.5 Å². The van der Waals surface area contributed by atoms with Gasteiger partial charge in [0.1, 0.15) is 11.5 Å². The second-order valence-electron chi connectivity index (χ2n) is 10.9. The van der Waals surface area contributed by atoms with Gasteiger partial charge in [-0.2, -0.15) is 0 Å². The van der Waals surface area contributed by atoms with E-state index in [-0.39, 0.29) is 0 Å². The molecule has 0 heterocycles. The van der Waals surface area contributed by atoms with Crippen LogP contribution in [-0.4, -0.2) is 13.2 Å². The van der Waals surface area contributed by atoms with Crippen molar-refractivity contribution in [2.75, 3.05) is 13.2 Å². The molecule has 36 heavy (non-hydrogen) atoms. The molecule has 3 aromatic rings. The topological polar surface area (TPSA) is 18.5 Å². The molecule has 0 unspecified atom stereocenters. The summed E-state index contributed by atoms with van der Waals surface area (Å²) < 4.78 is 13.2. The quantitative estimate of drug-likeness (QED) is 0.156. The Balaban J connectivity index is 1.66. The summed E-state index contributed by atoms with van der Waals surface area (Å²) in [5, 5.41) is 4.83. The average molecular weight is 489 g/mol. The minimum atomic E-state index is 0.680. The van der Waals surface area contributed by atoms with Crippen molar-refractivity contribution < 1.29 is 9.47 Å². The number of hydrogen-bond acceptors (Lipinski definition) is 2. The molecular formula is C34H48O2. The van der Waals surface area contributed by atoms with Crippen LogP contribution in [0, 0.1) is 0 Å². The lowest BCUT2D eigenvalue weighted by Crippen LogP contribution is -2.06. The number of ether oxygens (including phenoxy) is 2. The fraction of sp³-hybridized carbons (Fsp3) is 0.588. The number of unbranched alkanes of at least 4 members (excludes halogenated alkanes) is 8. The van der Waals surface area contributed by atoms with Gasteiger partial charge in [-0.3, -0.25) is 0 Å². The molecule has 2 heteroatoms. The van der Waals surface area contributed by atoms with Crippen molar-refractivity contribution in [1.82, 2.24) is 0 Å². The predicted molar refractivity (Wildman–Crippen MR) is 156 cm³/mol. The van der Waals surface area contributed by atoms with Gasteiger partial charge in [-0.1, -0.05) is 121 Å². The van der Waals surface area contributed by atoms with E-state index in [0.29, 0.717) is 5.92 Å². The number of benzene rings is 3. The first kappa shape index (κ1) is 26.8. The standard InChI is InChI=1S/C34H48O2/c1-3-5-7-9-16-24-35-33-29-20-14-15-21-30(29)34(36-25-17-10-8-6-4-2)32-26-28(22-23-31(32)33)27-18-12-11-13-19-27/h14-15,20-23,26-27H,3-13,16-19,24-25H2,1-2H3. The Morgan fingerprint density at radius 1 is 0.583 bits per heavy atom. The molecule has 2 nitrogen and oxygen atoms in total. The third-order valence-corrected chi connectivity index (χ3v) is 8.01. The van der Waals surface area contributed by atoms with Gasteiger partial charge < -0.3 is 9.47 Å². The lowest BCUT2D eigenvalue weighted by Gasteiger charge is -2.24. The van der Waals surface area contributed by atoms with Crippen LogP contribution in [0.4, 0.5) is 0 Å². The Morgan fingerprint density at radius 2 is 1.11 bits per heavy atom. The zero-order chi connectivity index (χ0) is 25.0. The summed E-state index contributed by atoms with van der Waals surface area (Å²) in [6.07, 6.45) is 19.3. The highest BCUT2D eigenvalue weighted by Crippen LogP contribution is 2.45. The van der Waals surface area contributed by atoms with Crippen molar-refractivity contribution >= 4 is 21.5 Å². The summed E-state index contributed by atoms with van der Waals surface area (Å²) in [4.78, 5) is 0. The highest BCUT2D eigenvalue weighted by molar-refractivity contribution is 6.11. The van der Waals surface area contributed by atoms with Gasteiger partial charge in [0, 0.05) is 21.5 Å². The maximum Gasteiger partial charge on any atom is 0.135 e. The Kier molecular flexibility index (Phi) is 10.8. The van der Waals surface area contributed by atoms with Gasteiger partial charge in [-0.15, -0.1) is 0 Å². The second-order valence-corrected chi connectivity index (χ2v) is 10.9. The highest BCUT2D eigenvalue weighted by Gasteiger charge is 2.20. The molecule has 0 saturated heterocycles. The second kappa shape index (κ2) is 14.5. The molecule has 0 amide bonds. The summed E-state index contributed by atoms with van der Waals surface area (Å²) in [5.41, 5.74) is 1.48. The third-order valence-electron chi connectivity index (χ3n) is 8.01. The van der Waals surface area contributed by atoms with Crippen LogP contribution < -0.4 is 9.47 Å². The van der Waals surface area contributed by atoms with Gasteiger partial charge in [0.25, 0.3) is 0 Å². The fourth-order valence-electron chi connectivity index (χ4n) is 5.88. The lowest BCUT2D eigenvalue weighted by atomic mass is 9.83. The zero-order valence-electron chi connectivity index (χ0n) is 23.0. The van der Waals surface area contributed by atoms with Crippen LogP contribution >= 0.6 is 0 Å². The minimum absolute atomic E-state index is 0.680. The first-order valence-electron chi connectivity index (χ1n) is 15.1. The predicted octanol–water partition coefficient (Wildman–Crippen LogP) is 10.7. The summed E-state index contributed by atoms with van der Waals surface area (Å²) in [6, 6.07) is 15.8. The molecule has 0 atom stereocenters. The number of fused-ring (bicyclic) bond motifs is 2. The molecule has 3 aromatic carbocycles. The van der Waals surface area contributed by atoms with Crippen LogP contribution in [-0.2, 0) is 0 Å². The molecular weight excluding hydrogens is 440 g/mol. The maximum atomic E-state index is 6.62. The van der Waals surface area contributed by atoms with Crippen LogP contribution in [0.15, 0.2) is 42.5 Å². The monoisotopic (exact) mass is 488 g/mol. The molecule has 0 aromatic heterocycles. The van der Waals surface area contributed by atoms with E-state index in [1.165, 1.54) is 111 Å². The molecule has 196 valence electrons. The van der Waals surface area contributed by atoms with Crippen LogP contribution in [0.2, 0.25) is 0 Å². The largest absolute Gasteiger partial charge is 0.492 e. The van der Waals surface area contributed by atoms with Crippen molar-refractivity contribution in [3.8, 4) is 11.5 Å². The summed E-state index contributed by atoms with van der Waals surface area (Å²) in [7, 11) is 0. The Morgan fingerprint density at radius 3 is 1.69 bits per heavy atom. The van der Waals surface area contributed by atoms with Crippen molar-refractivity contribution in [1.29, 1.82) is 0 Å². The Hall–Kier alpha value is -2.22. The van der Waals surface area contributed by atoms with Crippen LogP contribution in [0.3, 0.4) is 0 Å². The fourth-order valence-corrected chi connectivity index (χ4v) is 5.88. The molecule has 4 rings (SSSR count). The van der Waals surface area contributed by atoms with Crippen molar-refractivity contribution in [2.45, 2.75) is 116 Å². The van der Waals surface area contributed by atoms with Gasteiger partial charge in [-0.25, -0.2) is 0 Å². The van der Waals surface area contributed by atoms with Gasteiger partial charge in [-0.05, 0) is 43.2 Å². The number of hydrogen-bond donors (Lipinski definition) is 0. The van der Waals surface area contributed by atoms with Crippen molar-refractivity contribution in [3.05, 3.63) is 48.0 Å². The molecule has 1 aliphatic carbocycles. The first-order valence-corrected chi connectivity index (χ1v) is 15.1. The molecule has 0 radical (unpaired) electrons. The molecule has 0 aliphatic heterocycles. The molecule has 1 aliphatic rings. The third kappa shape index (κ3) is 6.96. The molecule has 0 N–H and O–H groups in total. The van der Waals surface area contributed by atoms with E-state index >= 15 is 0 Å². The SMILES string of the molecule is CCCCCCCOc1c2ccccc2c(OCCCCCCC)c2cc(C3CCCCC3)ccc12. The highest BCUT2D eigenvalue weighted by atomic mass is 16.5. The molecule has 0 spiro atoms. The molecule has 0 bridgehead atoms. The summed E-state index contributed by atoms with van der Waals surface area (Å²) in [5.74, 6) is 2.78. The van der Waals surface area contributed by atoms with E-state index in [1.54, 1.807) is 0 Å². The normalized spacial score (nSPS) is 14.5. The molecule has 1 saturated carbocycles. The van der Waals surface area contributed by atoms with E-state index in [0.717, 1.165) is 37.6 Å². The van der Waals surface area contributed by atoms with Crippen molar-refractivity contribution in [2.24, 2.45) is 0 Å². The van der Waals surface area contributed by atoms with Crippen molar-refractivity contribution in [3.63, 3.8) is 0 Å². The molecule has 1 fully saturated rings. The first-order chi connectivity index (χ1) is 17.8. The Bertz CT molecular complexity index is 1060. The lowest BCUT2D eigenvalue weighted by molar-refractivity contribution is 0.306. The zero-order valence-corrected chi connectivity index (χ0v) is 23.0. The van der Waals surface area contributed by atoms with E-state index in [4.69, 9.17) is 9.47 Å². The van der Waals surface area contributed by atoms with Gasteiger partial charge in [0.2, 0.25) is 0 Å². The summed E-state index contributed by atoms with van der Waals surface area (Å²) >= 11 is 0. The van der Waals surface area contributed by atoms with Gasteiger partial charge in [0.15, 0.2) is 0 Å². The Labute approximate surface area is 219 Å². The van der Waals surface area contributed by atoms with E-state index < -0.39 is 0 Å². The van der Waals surface area contributed by atoms with E-state index in [1.807, 2.05) is 0 Å². The number of rotatable bonds is 15. The summed E-state index contributed by atoms with van der Waals surface area (Å²) in [6.45, 7) is 6.11.